The van der Waals surface area contributed by atoms with Crippen LogP contribution in [0.2, 0.25) is 0 Å². The highest BCUT2D eigenvalue weighted by molar-refractivity contribution is 7.94. The minimum absolute atomic E-state index is 0.0160. The quantitative estimate of drug-likeness (QED) is 0.0168. The largest absolute Gasteiger partial charge is 0.748 e. The third-order valence-electron chi connectivity index (χ3n) is 12.4. The highest BCUT2D eigenvalue weighted by Crippen LogP contribution is 2.52. The number of rotatable bonds is 22. The Hall–Kier alpha value is -5.01. The molecule has 0 fully saturated rings. The van der Waals surface area contributed by atoms with Gasteiger partial charge in [0.25, 0.3) is 0 Å². The van der Waals surface area contributed by atoms with Gasteiger partial charge in [-0.2, -0.15) is 8.91 Å². The average molecular weight is 1070 g/mol. The summed E-state index contributed by atoms with van der Waals surface area (Å²) in [5.74, 6) is 1.70. The van der Waals surface area contributed by atoms with E-state index in [4.69, 9.17) is 6.42 Å². The van der Waals surface area contributed by atoms with Gasteiger partial charge in [-0.3, -0.25) is 9.83 Å². The van der Waals surface area contributed by atoms with E-state index in [0.717, 1.165) is 23.7 Å². The van der Waals surface area contributed by atoms with Crippen molar-refractivity contribution in [3.8, 4) is 12.3 Å². The van der Waals surface area contributed by atoms with Crippen LogP contribution in [-0.2, 0) is 65.4 Å². The first kappa shape index (κ1) is 55.3. The van der Waals surface area contributed by atoms with E-state index in [1.165, 1.54) is 23.5 Å². The Morgan fingerprint density at radius 2 is 1.55 bits per heavy atom. The second-order valence-electron chi connectivity index (χ2n) is 17.8. The molecule has 71 heavy (non-hydrogen) atoms. The predicted octanol–water partition coefficient (Wildman–Crippen LogP) is 4.32. The maximum absolute atomic E-state index is 14.1. The first-order chi connectivity index (χ1) is 33.2. The summed E-state index contributed by atoms with van der Waals surface area (Å²) in [4.78, 5) is 12.3. The second-order valence-corrected chi connectivity index (χ2v) is 24.8. The summed E-state index contributed by atoms with van der Waals surface area (Å²) in [6.07, 6.45) is 14.8. The van der Waals surface area contributed by atoms with Crippen LogP contribution in [0.25, 0.3) is 21.5 Å². The van der Waals surface area contributed by atoms with Crippen molar-refractivity contribution in [3.05, 3.63) is 102 Å². The molecule has 0 radical (unpaired) electrons. The van der Waals surface area contributed by atoms with Gasteiger partial charge in [0, 0.05) is 102 Å². The maximum atomic E-state index is 14.1. The van der Waals surface area contributed by atoms with Gasteiger partial charge in [0.1, 0.15) is 26.8 Å². The van der Waals surface area contributed by atoms with E-state index < -0.39 is 66.8 Å². The molecule has 19 nitrogen and oxygen atoms in total. The molecule has 1 amide bonds. The van der Waals surface area contributed by atoms with Gasteiger partial charge >= 0.3 is 0 Å². The fourth-order valence-electron chi connectivity index (χ4n) is 9.37. The van der Waals surface area contributed by atoms with Crippen molar-refractivity contribution in [3.63, 3.8) is 0 Å². The highest BCUT2D eigenvalue weighted by Gasteiger charge is 2.46. The number of hydrogen-bond donors (Lipinski definition) is 1. The molecule has 0 saturated carbocycles. The molecule has 0 aromatic heterocycles. The third kappa shape index (κ3) is 11.9. The zero-order valence-electron chi connectivity index (χ0n) is 39.2. The van der Waals surface area contributed by atoms with E-state index in [-0.39, 0.29) is 60.5 Å². The molecule has 6 rings (SSSR count). The molecule has 0 saturated heterocycles. The van der Waals surface area contributed by atoms with Crippen LogP contribution in [0.15, 0.2) is 105 Å². The molecule has 0 bridgehead atoms. The molecule has 2 heterocycles. The lowest BCUT2D eigenvalue weighted by molar-refractivity contribution is -0.777. The van der Waals surface area contributed by atoms with Gasteiger partial charge in [-0.15, -0.1) is 6.42 Å². The Kier molecular flexibility index (Phi) is 16.8. The lowest BCUT2D eigenvalue weighted by Gasteiger charge is -2.27. The number of amides is 1. The average Bonchev–Trinajstić information content (AvgIpc) is 3.64. The molecule has 4 aromatic rings. The molecule has 0 aliphatic carbocycles. The molecule has 24 heteroatoms. The van der Waals surface area contributed by atoms with Gasteiger partial charge in [-0.25, -0.2) is 38.0 Å². The van der Waals surface area contributed by atoms with Crippen LogP contribution < -0.4 is 15.5 Å². The standard InChI is InChI=1S/C47H54N4O15S5/c1-7-24-48-43(52)19-12-25-49(6)69(57,58)39-16-11-15-35-33(39)20-22-37-44(35)46(2,3)41(51(37)27-14-29-68(54,55)56)17-9-8-10-18-42-47(4,5)45-36-30-32(70(59,60)61)31-40(71(62,63)64)34(36)21-23-38(45)50(42)26-13-28-67-66-65-53/h1,8-11,15-18,20-23,30-31H,12-14,19,24-29H2,2-6H3,(H4-,48,52,53,54,55,56,59,60,61,62,63,64)/p-3. The van der Waals surface area contributed by atoms with Crippen molar-refractivity contribution in [2.45, 2.75) is 78.9 Å². The van der Waals surface area contributed by atoms with Crippen molar-refractivity contribution in [2.75, 3.05) is 49.6 Å². The smallest absolute Gasteiger partial charge is 0.243 e. The lowest BCUT2D eigenvalue weighted by atomic mass is 9.79. The number of allylic oxidation sites excluding steroid dienone is 6. The molecule has 2 aliphatic heterocycles. The molecule has 382 valence electrons. The monoisotopic (exact) mass is 1070 g/mol. The Bertz CT molecular complexity index is 3400. The highest BCUT2D eigenvalue weighted by atomic mass is 32.2. The van der Waals surface area contributed by atoms with Crippen LogP contribution in [0.5, 0.6) is 0 Å². The number of nitrogens with one attached hydrogen (secondary N) is 1. The van der Waals surface area contributed by atoms with Gasteiger partial charge < -0.3 is 29.1 Å². The molecule has 0 unspecified atom stereocenters. The molecule has 2 aliphatic rings. The van der Waals surface area contributed by atoms with Crippen LogP contribution >= 0.6 is 12.0 Å². The Morgan fingerprint density at radius 1 is 0.845 bits per heavy atom. The van der Waals surface area contributed by atoms with Crippen LogP contribution in [0.4, 0.5) is 11.4 Å². The van der Waals surface area contributed by atoms with Crippen LogP contribution in [0.1, 0.15) is 64.5 Å². The van der Waals surface area contributed by atoms with Crippen molar-refractivity contribution < 1.29 is 71.3 Å². The van der Waals surface area contributed by atoms with E-state index in [2.05, 4.69) is 20.6 Å². The molecular formula is C47H51N4O15S5-3. The topological polar surface area (TPSA) is 286 Å². The number of hydrogen-bond acceptors (Lipinski definition) is 17. The fourth-order valence-corrected chi connectivity index (χ4v) is 12.9. The van der Waals surface area contributed by atoms with Gasteiger partial charge in [0.2, 0.25) is 21.6 Å². The normalized spacial score (nSPS) is 16.5. The number of fused-ring (bicyclic) bond motifs is 6. The zero-order chi connectivity index (χ0) is 52.3. The number of anilines is 1. The molecule has 0 atom stereocenters. The summed E-state index contributed by atoms with van der Waals surface area (Å²) < 4.78 is 145. The fraction of sp³-hybridized carbons (Fsp3) is 0.362. The van der Waals surface area contributed by atoms with Crippen molar-refractivity contribution in [1.29, 1.82) is 0 Å². The van der Waals surface area contributed by atoms with E-state index in [1.807, 2.05) is 49.3 Å². The van der Waals surface area contributed by atoms with Crippen LogP contribution in [0.3, 0.4) is 0 Å². The summed E-state index contributed by atoms with van der Waals surface area (Å²) >= 11 is 0.774. The van der Waals surface area contributed by atoms with Gasteiger partial charge in [0.15, 0.2) is 5.71 Å². The maximum Gasteiger partial charge on any atom is 0.243 e. The third-order valence-corrected chi connectivity index (χ3v) is 17.4. The van der Waals surface area contributed by atoms with Crippen LogP contribution in [0, 0.1) is 12.3 Å². The summed E-state index contributed by atoms with van der Waals surface area (Å²) in [6.45, 7) is 8.05. The van der Waals surface area contributed by atoms with E-state index >= 15 is 0 Å². The summed E-state index contributed by atoms with van der Waals surface area (Å²) in [5, 5.41) is 17.5. The SMILES string of the molecule is C#CCNC(=O)CCCN(C)S(=O)(=O)c1cccc2c3c(ccc12)N(CCCS(=O)(=O)[O-])/C(=C/C=C/C=C/C1=[N+](CCCSOO[O-])c2ccc4c(S(=O)(=O)[O-])cc(S(=O)(=O)[O-])cc4c2C1(C)C)C3(C)C. The Morgan fingerprint density at radius 3 is 2.21 bits per heavy atom. The van der Waals surface area contributed by atoms with Crippen molar-refractivity contribution >= 4 is 97.0 Å². The van der Waals surface area contributed by atoms with Gasteiger partial charge in [-0.1, -0.05) is 56.2 Å². The molecular weight excluding hydrogens is 1020 g/mol. The number of carbonyl (C=O) groups excluding carboxylic acids is 1. The van der Waals surface area contributed by atoms with E-state index in [1.54, 1.807) is 48.6 Å². The first-order valence-corrected chi connectivity index (χ1v) is 28.7. The van der Waals surface area contributed by atoms with Gasteiger partial charge in [-0.05, 0) is 79.4 Å². The lowest BCUT2D eigenvalue weighted by Crippen LogP contribution is -2.30. The summed E-state index contributed by atoms with van der Waals surface area (Å²) in [5.41, 5.74) is 1.92. The minimum Gasteiger partial charge on any atom is -0.748 e. The van der Waals surface area contributed by atoms with Crippen molar-refractivity contribution in [2.24, 2.45) is 0 Å². The molecule has 0 spiro atoms. The molecule has 4 aromatic carbocycles. The first-order valence-electron chi connectivity index (χ1n) is 21.9. The second kappa shape index (κ2) is 21.6. The summed E-state index contributed by atoms with van der Waals surface area (Å²) in [6, 6.07) is 13.0. The zero-order valence-corrected chi connectivity index (χ0v) is 43.3. The van der Waals surface area contributed by atoms with Gasteiger partial charge in [0.05, 0.1) is 36.8 Å². The number of carbonyl (C=O) groups is 1. The Balaban J connectivity index is 1.39. The van der Waals surface area contributed by atoms with E-state index in [9.17, 15) is 57.4 Å². The van der Waals surface area contributed by atoms with Crippen LogP contribution in [-0.4, -0.2) is 113 Å². The molecule has 1 N–H and O–H groups in total. The number of sulfonamides is 1. The Labute approximate surface area is 418 Å². The predicted molar refractivity (Wildman–Crippen MR) is 263 cm³/mol. The number of terminal acetylenes is 1. The van der Waals surface area contributed by atoms with Crippen molar-refractivity contribution in [1.82, 2.24) is 9.62 Å². The number of nitrogens with zero attached hydrogens (tertiary/aromatic N) is 3. The number of benzene rings is 4. The summed E-state index contributed by atoms with van der Waals surface area (Å²) in [7, 11) is -17.7. The minimum atomic E-state index is -5.26. The van der Waals surface area contributed by atoms with E-state index in [0.29, 0.717) is 63.9 Å².